The normalized spacial score (nSPS) is 11.0. The molecule has 0 saturated heterocycles. The van der Waals surface area contributed by atoms with Gasteiger partial charge in [-0.15, -0.1) is 24.0 Å². The Kier molecular flexibility index (Phi) is 7.69. The Morgan fingerprint density at radius 1 is 1.48 bits per heavy atom. The molecule has 0 bridgehead atoms. The van der Waals surface area contributed by atoms with E-state index in [0.29, 0.717) is 25.7 Å². The number of ether oxygens (including phenoxy) is 1. The quantitative estimate of drug-likeness (QED) is 0.325. The maximum atomic E-state index is 5.75. The average molecular weight is 402 g/mol. The molecule has 0 aliphatic carbocycles. The Morgan fingerprint density at radius 3 is 3.05 bits per heavy atom. The first-order valence-electron chi connectivity index (χ1n) is 6.25. The zero-order valence-electron chi connectivity index (χ0n) is 11.8. The summed E-state index contributed by atoms with van der Waals surface area (Å²) in [5.41, 5.74) is 6.78. The highest BCUT2D eigenvalue weighted by Gasteiger charge is 1.99. The average Bonchev–Trinajstić information content (AvgIpc) is 3.00. The first kappa shape index (κ1) is 17.4. The van der Waals surface area contributed by atoms with Gasteiger partial charge in [0.2, 0.25) is 0 Å². The summed E-state index contributed by atoms with van der Waals surface area (Å²) in [7, 11) is 1.64. The maximum Gasteiger partial charge on any atom is 0.188 e. The summed E-state index contributed by atoms with van der Waals surface area (Å²) < 4.78 is 6.76. The van der Waals surface area contributed by atoms with E-state index >= 15 is 0 Å². The summed E-state index contributed by atoms with van der Waals surface area (Å²) in [6.07, 6.45) is 7.00. The third-order valence-corrected chi connectivity index (χ3v) is 2.62. The molecule has 3 N–H and O–H groups in total. The van der Waals surface area contributed by atoms with Gasteiger partial charge in [-0.2, -0.15) is 0 Å². The molecule has 2 aromatic heterocycles. The summed E-state index contributed by atoms with van der Waals surface area (Å²) in [5, 5.41) is 2.97. The van der Waals surface area contributed by atoms with Crippen molar-refractivity contribution in [2.45, 2.75) is 6.54 Å². The molecular formula is C13H19IN6O. The third kappa shape index (κ3) is 5.68. The minimum atomic E-state index is 0. The van der Waals surface area contributed by atoms with Crippen LogP contribution in [-0.4, -0.2) is 40.8 Å². The Bertz CT molecular complexity index is 558. The summed E-state index contributed by atoms with van der Waals surface area (Å²) >= 11 is 0. The van der Waals surface area contributed by atoms with E-state index in [0.717, 1.165) is 11.4 Å². The van der Waals surface area contributed by atoms with Crippen molar-refractivity contribution < 1.29 is 4.74 Å². The first-order chi connectivity index (χ1) is 9.79. The van der Waals surface area contributed by atoms with Crippen molar-refractivity contribution in [3.8, 4) is 5.82 Å². The number of aromatic nitrogens is 3. The topological polar surface area (TPSA) is 90.4 Å². The lowest BCUT2D eigenvalue weighted by Crippen LogP contribution is -2.34. The number of nitrogens with one attached hydrogen (secondary N) is 1. The number of imidazole rings is 1. The van der Waals surface area contributed by atoms with E-state index in [-0.39, 0.29) is 24.0 Å². The van der Waals surface area contributed by atoms with Gasteiger partial charge in [0.25, 0.3) is 0 Å². The summed E-state index contributed by atoms with van der Waals surface area (Å²) in [5.74, 6) is 1.21. The highest BCUT2D eigenvalue weighted by Crippen LogP contribution is 2.07. The van der Waals surface area contributed by atoms with Crippen molar-refractivity contribution in [1.82, 2.24) is 19.9 Å². The molecule has 2 aromatic rings. The molecule has 0 unspecified atom stereocenters. The number of guanidine groups is 1. The molecule has 0 fully saturated rings. The lowest BCUT2D eigenvalue weighted by atomic mass is 10.2. The fraction of sp³-hybridized carbons (Fsp3) is 0.308. The molecule has 7 nitrogen and oxygen atoms in total. The Balaban J connectivity index is 0.00000220. The highest BCUT2D eigenvalue weighted by molar-refractivity contribution is 14.0. The maximum absolute atomic E-state index is 5.75. The van der Waals surface area contributed by atoms with Gasteiger partial charge in [-0.3, -0.25) is 4.57 Å². The Morgan fingerprint density at radius 2 is 2.33 bits per heavy atom. The van der Waals surface area contributed by atoms with E-state index in [4.69, 9.17) is 10.5 Å². The molecule has 0 amide bonds. The number of aliphatic imine (C=N–C) groups is 1. The van der Waals surface area contributed by atoms with Crippen LogP contribution in [0.5, 0.6) is 0 Å². The molecule has 0 aliphatic heterocycles. The molecular weight excluding hydrogens is 383 g/mol. The number of pyridine rings is 1. The molecule has 0 aliphatic rings. The van der Waals surface area contributed by atoms with Crippen molar-refractivity contribution in [3.05, 3.63) is 42.6 Å². The molecule has 2 heterocycles. The van der Waals surface area contributed by atoms with Crippen molar-refractivity contribution >= 4 is 29.9 Å². The summed E-state index contributed by atoms with van der Waals surface area (Å²) in [6, 6.07) is 3.86. The van der Waals surface area contributed by atoms with Crippen LogP contribution in [0.4, 0.5) is 0 Å². The minimum absolute atomic E-state index is 0. The fourth-order valence-electron chi connectivity index (χ4n) is 1.61. The van der Waals surface area contributed by atoms with E-state index in [2.05, 4.69) is 20.3 Å². The zero-order chi connectivity index (χ0) is 14.2. The number of hydrogen-bond acceptors (Lipinski definition) is 4. The number of rotatable bonds is 6. The SMILES string of the molecule is COCCNC(N)=NCc1ccnc(-n2ccnc2)c1.I. The van der Waals surface area contributed by atoms with Gasteiger partial charge in [0.15, 0.2) is 5.96 Å². The summed E-state index contributed by atoms with van der Waals surface area (Å²) in [4.78, 5) is 12.5. The monoisotopic (exact) mass is 402 g/mol. The van der Waals surface area contributed by atoms with Crippen LogP contribution in [0.15, 0.2) is 42.0 Å². The van der Waals surface area contributed by atoms with E-state index in [1.807, 2.05) is 22.9 Å². The molecule has 0 atom stereocenters. The smallest absolute Gasteiger partial charge is 0.188 e. The van der Waals surface area contributed by atoms with Crippen molar-refractivity contribution in [2.75, 3.05) is 20.3 Å². The predicted molar refractivity (Wildman–Crippen MR) is 92.0 cm³/mol. The van der Waals surface area contributed by atoms with Gasteiger partial charge in [0.1, 0.15) is 12.1 Å². The highest BCUT2D eigenvalue weighted by atomic mass is 127. The fourth-order valence-corrected chi connectivity index (χ4v) is 1.61. The molecule has 8 heteroatoms. The number of hydrogen-bond donors (Lipinski definition) is 2. The van der Waals surface area contributed by atoms with Crippen molar-refractivity contribution in [3.63, 3.8) is 0 Å². The van der Waals surface area contributed by atoms with Crippen LogP contribution in [0.2, 0.25) is 0 Å². The van der Waals surface area contributed by atoms with Gasteiger partial charge in [0.05, 0.1) is 13.2 Å². The lowest BCUT2D eigenvalue weighted by Gasteiger charge is -2.05. The van der Waals surface area contributed by atoms with Crippen LogP contribution >= 0.6 is 24.0 Å². The van der Waals surface area contributed by atoms with Gasteiger partial charge >= 0.3 is 0 Å². The zero-order valence-corrected chi connectivity index (χ0v) is 14.1. The summed E-state index contributed by atoms with van der Waals surface area (Å²) in [6.45, 7) is 1.73. The first-order valence-corrected chi connectivity index (χ1v) is 6.25. The standard InChI is InChI=1S/C13H18N6O.HI/c1-20-7-5-17-13(14)18-9-11-2-3-16-12(8-11)19-6-4-15-10-19;/h2-4,6,8,10H,5,7,9H2,1H3,(H3,14,17,18);1H. The van der Waals surface area contributed by atoms with E-state index in [1.165, 1.54) is 0 Å². The number of halogens is 1. The minimum Gasteiger partial charge on any atom is -0.383 e. The number of methoxy groups -OCH3 is 1. The second kappa shape index (κ2) is 9.29. The predicted octanol–water partition coefficient (Wildman–Crippen LogP) is 0.936. The molecule has 114 valence electrons. The molecule has 2 rings (SSSR count). The molecule has 0 radical (unpaired) electrons. The Labute approximate surface area is 140 Å². The van der Waals surface area contributed by atoms with Gasteiger partial charge in [-0.05, 0) is 17.7 Å². The second-order valence-electron chi connectivity index (χ2n) is 4.11. The number of nitrogens with two attached hydrogens (primary N) is 1. The van der Waals surface area contributed by atoms with Gasteiger partial charge < -0.3 is 15.8 Å². The second-order valence-corrected chi connectivity index (χ2v) is 4.11. The molecule has 0 spiro atoms. The third-order valence-electron chi connectivity index (χ3n) is 2.62. The van der Waals surface area contributed by atoms with Crippen LogP contribution in [0.3, 0.4) is 0 Å². The van der Waals surface area contributed by atoms with E-state index < -0.39 is 0 Å². The molecule has 0 aromatic carbocycles. The van der Waals surface area contributed by atoms with Crippen LogP contribution in [-0.2, 0) is 11.3 Å². The van der Waals surface area contributed by atoms with E-state index in [1.54, 1.807) is 25.8 Å². The van der Waals surface area contributed by atoms with Crippen LogP contribution in [0.1, 0.15) is 5.56 Å². The largest absolute Gasteiger partial charge is 0.383 e. The van der Waals surface area contributed by atoms with Gasteiger partial charge in [-0.1, -0.05) is 0 Å². The van der Waals surface area contributed by atoms with Crippen molar-refractivity contribution in [2.24, 2.45) is 10.7 Å². The van der Waals surface area contributed by atoms with E-state index in [9.17, 15) is 0 Å². The van der Waals surface area contributed by atoms with Crippen LogP contribution < -0.4 is 11.1 Å². The van der Waals surface area contributed by atoms with Gasteiger partial charge in [-0.25, -0.2) is 15.0 Å². The molecule has 21 heavy (non-hydrogen) atoms. The molecule has 0 saturated carbocycles. The van der Waals surface area contributed by atoms with Gasteiger partial charge in [0, 0.05) is 32.2 Å². The Hall–Kier alpha value is -1.68. The lowest BCUT2D eigenvalue weighted by molar-refractivity contribution is 0.204. The van der Waals surface area contributed by atoms with Crippen LogP contribution in [0.25, 0.3) is 5.82 Å². The number of nitrogens with zero attached hydrogens (tertiary/aromatic N) is 4. The van der Waals surface area contributed by atoms with Crippen molar-refractivity contribution in [1.29, 1.82) is 0 Å². The van der Waals surface area contributed by atoms with Crippen LogP contribution in [0, 0.1) is 0 Å².